The van der Waals surface area contributed by atoms with Crippen LogP contribution in [0.15, 0.2) is 36.7 Å². The number of benzene rings is 1. The molecule has 6 nitrogen and oxygen atoms in total. The zero-order chi connectivity index (χ0) is 18.1. The van der Waals surface area contributed by atoms with Crippen molar-refractivity contribution in [2.24, 2.45) is 0 Å². The van der Waals surface area contributed by atoms with Crippen molar-refractivity contribution in [3.05, 3.63) is 47.9 Å². The van der Waals surface area contributed by atoms with Gasteiger partial charge in [0, 0.05) is 30.6 Å². The minimum absolute atomic E-state index is 0.552. The third-order valence-electron chi connectivity index (χ3n) is 5.09. The summed E-state index contributed by atoms with van der Waals surface area (Å²) in [5.41, 5.74) is 8.40. The number of hydrogen-bond acceptors (Lipinski definition) is 6. The molecule has 26 heavy (non-hydrogen) atoms. The minimum atomic E-state index is 0.552. The highest BCUT2D eigenvalue weighted by atomic mass is 15.2. The maximum absolute atomic E-state index is 6.06. The average Bonchev–Trinajstić information content (AvgIpc) is 2.68. The van der Waals surface area contributed by atoms with Gasteiger partial charge in [0.05, 0.1) is 12.2 Å². The van der Waals surface area contributed by atoms with Gasteiger partial charge in [0.15, 0.2) is 0 Å². The Labute approximate surface area is 153 Å². The summed E-state index contributed by atoms with van der Waals surface area (Å²) in [7, 11) is 0. The Bertz CT molecular complexity index is 935. The van der Waals surface area contributed by atoms with E-state index in [9.17, 15) is 0 Å². The smallest absolute Gasteiger partial charge is 0.139 e. The fourth-order valence-corrected chi connectivity index (χ4v) is 3.76. The Kier molecular flexibility index (Phi) is 4.32. The van der Waals surface area contributed by atoms with E-state index < -0.39 is 0 Å². The van der Waals surface area contributed by atoms with E-state index in [4.69, 9.17) is 5.73 Å². The molecule has 3 heterocycles. The summed E-state index contributed by atoms with van der Waals surface area (Å²) in [5, 5.41) is 2.25. The second kappa shape index (κ2) is 6.78. The highest BCUT2D eigenvalue weighted by Gasteiger charge is 2.24. The largest absolute Gasteiger partial charge is 0.384 e. The Balaban J connectivity index is 1.73. The molecule has 0 atom stereocenters. The van der Waals surface area contributed by atoms with E-state index in [2.05, 4.69) is 50.7 Å². The Morgan fingerprint density at radius 3 is 2.77 bits per heavy atom. The molecule has 0 radical (unpaired) electrons. The Hall–Kier alpha value is -2.89. The Morgan fingerprint density at radius 1 is 1.15 bits per heavy atom. The first-order valence-electron chi connectivity index (χ1n) is 9.19. The summed E-state index contributed by atoms with van der Waals surface area (Å²) in [6, 6.07) is 10.2. The molecule has 1 aliphatic heterocycles. The standard InChI is InChI=1S/C20H24N6/c1-3-25(4-2)19-16-9-10-26(12-17(16)22-13-23-19)20-15-8-6-5-7-14(15)11-18(21)24-20/h5-8,11,13H,3-4,9-10,12H2,1-2H3,(H2,21,24). The molecule has 3 aromatic rings. The van der Waals surface area contributed by atoms with Crippen molar-refractivity contribution in [1.82, 2.24) is 15.0 Å². The van der Waals surface area contributed by atoms with Crippen LogP contribution >= 0.6 is 0 Å². The number of nitrogen functional groups attached to an aromatic ring is 1. The van der Waals surface area contributed by atoms with E-state index >= 15 is 0 Å². The van der Waals surface area contributed by atoms with E-state index in [0.717, 1.165) is 60.7 Å². The molecular formula is C20H24N6. The molecule has 0 spiro atoms. The van der Waals surface area contributed by atoms with Gasteiger partial charge in [0.25, 0.3) is 0 Å². The van der Waals surface area contributed by atoms with Crippen molar-refractivity contribution in [3.63, 3.8) is 0 Å². The molecule has 0 unspecified atom stereocenters. The summed E-state index contributed by atoms with van der Waals surface area (Å²) in [6.45, 7) is 7.84. The lowest BCUT2D eigenvalue weighted by molar-refractivity contribution is 0.689. The molecule has 0 fully saturated rings. The van der Waals surface area contributed by atoms with Gasteiger partial charge in [-0.15, -0.1) is 0 Å². The van der Waals surface area contributed by atoms with Gasteiger partial charge >= 0.3 is 0 Å². The van der Waals surface area contributed by atoms with Crippen LogP contribution in [-0.4, -0.2) is 34.6 Å². The van der Waals surface area contributed by atoms with Crippen molar-refractivity contribution in [1.29, 1.82) is 0 Å². The molecule has 0 aliphatic carbocycles. The number of anilines is 3. The number of fused-ring (bicyclic) bond motifs is 2. The zero-order valence-corrected chi connectivity index (χ0v) is 15.3. The zero-order valence-electron chi connectivity index (χ0n) is 15.3. The van der Waals surface area contributed by atoms with Crippen molar-refractivity contribution >= 4 is 28.2 Å². The van der Waals surface area contributed by atoms with E-state index in [1.54, 1.807) is 6.33 Å². The number of hydrogen-bond donors (Lipinski definition) is 1. The van der Waals surface area contributed by atoms with Crippen molar-refractivity contribution in [2.75, 3.05) is 35.2 Å². The summed E-state index contributed by atoms with van der Waals surface area (Å²) < 4.78 is 0. The lowest BCUT2D eigenvalue weighted by Gasteiger charge is -2.32. The van der Waals surface area contributed by atoms with Crippen molar-refractivity contribution in [2.45, 2.75) is 26.8 Å². The molecule has 0 amide bonds. The van der Waals surface area contributed by atoms with E-state index in [-0.39, 0.29) is 0 Å². The molecule has 0 bridgehead atoms. The molecule has 134 valence electrons. The first-order chi connectivity index (χ1) is 12.7. The first kappa shape index (κ1) is 16.6. The van der Waals surface area contributed by atoms with E-state index in [0.29, 0.717) is 5.82 Å². The van der Waals surface area contributed by atoms with Gasteiger partial charge < -0.3 is 15.5 Å². The van der Waals surface area contributed by atoms with Gasteiger partial charge in [-0.2, -0.15) is 0 Å². The van der Waals surface area contributed by atoms with Crippen LogP contribution < -0.4 is 15.5 Å². The lowest BCUT2D eigenvalue weighted by atomic mass is 10.0. The quantitative estimate of drug-likeness (QED) is 0.781. The Morgan fingerprint density at radius 2 is 1.96 bits per heavy atom. The summed E-state index contributed by atoms with van der Waals surface area (Å²) >= 11 is 0. The fourth-order valence-electron chi connectivity index (χ4n) is 3.76. The molecule has 0 saturated carbocycles. The molecule has 0 saturated heterocycles. The average molecular weight is 348 g/mol. The van der Waals surface area contributed by atoms with Gasteiger partial charge in [0.2, 0.25) is 0 Å². The van der Waals surface area contributed by atoms with Gasteiger partial charge in [-0.3, -0.25) is 0 Å². The summed E-state index contributed by atoms with van der Waals surface area (Å²) in [5.74, 6) is 2.57. The molecule has 1 aliphatic rings. The topological polar surface area (TPSA) is 71.2 Å². The SMILES string of the molecule is CCN(CC)c1ncnc2c1CCN(c1nc(N)cc3ccccc13)C2. The van der Waals surface area contributed by atoms with E-state index in [1.807, 2.05) is 18.2 Å². The summed E-state index contributed by atoms with van der Waals surface area (Å²) in [4.78, 5) is 18.3. The number of nitrogens with zero attached hydrogens (tertiary/aromatic N) is 5. The molecule has 6 heteroatoms. The molecule has 4 rings (SSSR count). The van der Waals surface area contributed by atoms with Crippen molar-refractivity contribution < 1.29 is 0 Å². The maximum Gasteiger partial charge on any atom is 0.139 e. The van der Waals surface area contributed by atoms with Gasteiger partial charge in [-0.05, 0) is 31.7 Å². The predicted octanol–water partition coefficient (Wildman–Crippen LogP) is 3.02. The fraction of sp³-hybridized carbons (Fsp3) is 0.350. The van der Waals surface area contributed by atoms with Crippen LogP contribution in [-0.2, 0) is 13.0 Å². The van der Waals surface area contributed by atoms with Gasteiger partial charge in [-0.25, -0.2) is 15.0 Å². The van der Waals surface area contributed by atoms with Crippen LogP contribution in [0, 0.1) is 0 Å². The second-order valence-electron chi connectivity index (χ2n) is 6.56. The first-order valence-corrected chi connectivity index (χ1v) is 9.19. The number of pyridine rings is 1. The number of nitrogens with two attached hydrogens (primary N) is 1. The van der Waals surface area contributed by atoms with Crippen LogP contribution in [0.25, 0.3) is 10.8 Å². The normalized spacial score (nSPS) is 13.7. The third-order valence-corrected chi connectivity index (χ3v) is 5.09. The molecular weight excluding hydrogens is 324 g/mol. The summed E-state index contributed by atoms with van der Waals surface area (Å²) in [6.07, 6.45) is 2.59. The maximum atomic E-state index is 6.06. The monoisotopic (exact) mass is 348 g/mol. The highest BCUT2D eigenvalue weighted by molar-refractivity contribution is 5.94. The van der Waals surface area contributed by atoms with Crippen LogP contribution in [0.5, 0.6) is 0 Å². The van der Waals surface area contributed by atoms with Crippen molar-refractivity contribution in [3.8, 4) is 0 Å². The molecule has 2 N–H and O–H groups in total. The predicted molar refractivity (Wildman–Crippen MR) is 107 cm³/mol. The van der Waals surface area contributed by atoms with Crippen LogP contribution in [0.2, 0.25) is 0 Å². The second-order valence-corrected chi connectivity index (χ2v) is 6.56. The van der Waals surface area contributed by atoms with Crippen LogP contribution in [0.4, 0.5) is 17.5 Å². The number of rotatable bonds is 4. The minimum Gasteiger partial charge on any atom is -0.384 e. The van der Waals surface area contributed by atoms with Gasteiger partial charge in [-0.1, -0.05) is 24.3 Å². The van der Waals surface area contributed by atoms with Crippen LogP contribution in [0.1, 0.15) is 25.1 Å². The third kappa shape index (κ3) is 2.81. The number of aromatic nitrogens is 3. The lowest BCUT2D eigenvalue weighted by Crippen LogP contribution is -2.34. The van der Waals surface area contributed by atoms with E-state index in [1.165, 1.54) is 5.56 Å². The van der Waals surface area contributed by atoms with Crippen LogP contribution in [0.3, 0.4) is 0 Å². The highest BCUT2D eigenvalue weighted by Crippen LogP contribution is 2.32. The van der Waals surface area contributed by atoms with Gasteiger partial charge in [0.1, 0.15) is 23.8 Å². The molecule has 2 aromatic heterocycles. The molecule has 1 aromatic carbocycles.